The van der Waals surface area contributed by atoms with Gasteiger partial charge in [0.05, 0.1) is 0 Å². The summed E-state index contributed by atoms with van der Waals surface area (Å²) in [4.78, 5) is 4.12. The third-order valence-electron chi connectivity index (χ3n) is 3.00. The molecule has 0 aliphatic rings. The second kappa shape index (κ2) is 5.78. The van der Waals surface area contributed by atoms with Gasteiger partial charge in [-0.25, -0.2) is 0 Å². The number of aromatic nitrogens is 1. The Morgan fingerprint density at radius 2 is 1.72 bits per heavy atom. The normalized spacial score (nSPS) is 12.4. The summed E-state index contributed by atoms with van der Waals surface area (Å²) < 4.78 is 0. The molecule has 0 aliphatic heterocycles. The van der Waals surface area contributed by atoms with Gasteiger partial charge in [-0.15, -0.1) is 0 Å². The van der Waals surface area contributed by atoms with Crippen molar-refractivity contribution < 1.29 is 0 Å². The van der Waals surface area contributed by atoms with Crippen molar-refractivity contribution in [1.29, 1.82) is 0 Å². The van der Waals surface area contributed by atoms with Crippen molar-refractivity contribution in [2.24, 2.45) is 5.73 Å². The molecule has 1 aromatic carbocycles. The fraction of sp³-hybridized carbons (Fsp3) is 0.312. The lowest BCUT2D eigenvalue weighted by Gasteiger charge is -2.12. The predicted octanol–water partition coefficient (Wildman–Crippen LogP) is 2.81. The van der Waals surface area contributed by atoms with E-state index in [1.54, 1.807) is 6.20 Å². The van der Waals surface area contributed by atoms with Crippen LogP contribution in [-0.2, 0) is 12.8 Å². The maximum Gasteiger partial charge on any atom is 0.0300 e. The Labute approximate surface area is 109 Å². The fourth-order valence-electron chi connectivity index (χ4n) is 2.38. The molecule has 0 spiro atoms. The van der Waals surface area contributed by atoms with Crippen molar-refractivity contribution in [3.8, 4) is 0 Å². The number of rotatable bonds is 4. The standard InChI is InChI=1S/C16H20N2/c1-12-6-13(2)8-15(7-12)10-16(17)9-14-4-3-5-18-11-14/h3-8,11,16H,9-10,17H2,1-2H3. The highest BCUT2D eigenvalue weighted by Gasteiger charge is 2.06. The summed E-state index contributed by atoms with van der Waals surface area (Å²) in [6.07, 6.45) is 5.47. The monoisotopic (exact) mass is 240 g/mol. The second-order valence-corrected chi connectivity index (χ2v) is 5.03. The molecule has 18 heavy (non-hydrogen) atoms. The quantitative estimate of drug-likeness (QED) is 0.892. The Kier molecular flexibility index (Phi) is 4.11. The highest BCUT2D eigenvalue weighted by Crippen LogP contribution is 2.12. The minimum Gasteiger partial charge on any atom is -0.327 e. The summed E-state index contributed by atoms with van der Waals surface area (Å²) in [5.41, 5.74) is 11.3. The van der Waals surface area contributed by atoms with E-state index in [4.69, 9.17) is 5.73 Å². The van der Waals surface area contributed by atoms with E-state index in [2.05, 4.69) is 43.1 Å². The molecule has 0 bridgehead atoms. The van der Waals surface area contributed by atoms with Crippen molar-refractivity contribution in [2.75, 3.05) is 0 Å². The molecule has 0 radical (unpaired) electrons. The summed E-state index contributed by atoms with van der Waals surface area (Å²) in [5, 5.41) is 0. The molecule has 2 aromatic rings. The molecule has 2 rings (SSSR count). The van der Waals surface area contributed by atoms with Crippen LogP contribution in [0.25, 0.3) is 0 Å². The molecule has 0 saturated carbocycles. The maximum absolute atomic E-state index is 6.21. The molecule has 2 nitrogen and oxygen atoms in total. The molecule has 94 valence electrons. The molecule has 0 amide bonds. The number of pyridine rings is 1. The first-order chi connectivity index (χ1) is 8.63. The van der Waals surface area contributed by atoms with E-state index in [9.17, 15) is 0 Å². The lowest BCUT2D eigenvalue weighted by Crippen LogP contribution is -2.25. The van der Waals surface area contributed by atoms with Crippen LogP contribution in [0.4, 0.5) is 0 Å². The minimum atomic E-state index is 0.149. The Bertz CT molecular complexity index is 486. The first kappa shape index (κ1) is 12.8. The van der Waals surface area contributed by atoms with Gasteiger partial charge in [0.2, 0.25) is 0 Å². The van der Waals surface area contributed by atoms with Crippen molar-refractivity contribution >= 4 is 0 Å². The molecule has 1 heterocycles. The average Bonchev–Trinajstić information content (AvgIpc) is 2.28. The minimum absolute atomic E-state index is 0.149. The summed E-state index contributed by atoms with van der Waals surface area (Å²) >= 11 is 0. The molecule has 1 aromatic heterocycles. The number of hydrogen-bond acceptors (Lipinski definition) is 2. The Hall–Kier alpha value is -1.67. The van der Waals surface area contributed by atoms with E-state index in [-0.39, 0.29) is 6.04 Å². The second-order valence-electron chi connectivity index (χ2n) is 5.03. The van der Waals surface area contributed by atoms with Crippen molar-refractivity contribution in [3.63, 3.8) is 0 Å². The van der Waals surface area contributed by atoms with Crippen LogP contribution in [0.15, 0.2) is 42.7 Å². The maximum atomic E-state index is 6.21. The fourth-order valence-corrected chi connectivity index (χ4v) is 2.38. The van der Waals surface area contributed by atoms with E-state index in [0.29, 0.717) is 0 Å². The molecule has 0 aliphatic carbocycles. The number of nitrogens with two attached hydrogens (primary N) is 1. The van der Waals surface area contributed by atoms with Crippen LogP contribution in [0.5, 0.6) is 0 Å². The van der Waals surface area contributed by atoms with Gasteiger partial charge in [0.1, 0.15) is 0 Å². The van der Waals surface area contributed by atoms with Gasteiger partial charge in [-0.2, -0.15) is 0 Å². The van der Waals surface area contributed by atoms with Gasteiger partial charge in [0, 0.05) is 18.4 Å². The Morgan fingerprint density at radius 1 is 1.06 bits per heavy atom. The highest BCUT2D eigenvalue weighted by atomic mass is 14.6. The molecule has 2 heteroatoms. The van der Waals surface area contributed by atoms with Gasteiger partial charge < -0.3 is 5.73 Å². The van der Waals surface area contributed by atoms with E-state index in [1.165, 1.54) is 22.3 Å². The summed E-state index contributed by atoms with van der Waals surface area (Å²) in [7, 11) is 0. The number of nitrogens with zero attached hydrogens (tertiary/aromatic N) is 1. The van der Waals surface area contributed by atoms with Crippen LogP contribution < -0.4 is 5.73 Å². The van der Waals surface area contributed by atoms with Crippen LogP contribution in [0.1, 0.15) is 22.3 Å². The van der Waals surface area contributed by atoms with Crippen molar-refractivity contribution in [1.82, 2.24) is 4.98 Å². The van der Waals surface area contributed by atoms with E-state index in [1.807, 2.05) is 12.3 Å². The van der Waals surface area contributed by atoms with E-state index >= 15 is 0 Å². The molecule has 0 fully saturated rings. The summed E-state index contributed by atoms with van der Waals surface area (Å²) in [6, 6.07) is 10.8. The third kappa shape index (κ3) is 3.67. The van der Waals surface area contributed by atoms with Gasteiger partial charge in [-0.05, 0) is 43.9 Å². The number of hydrogen-bond donors (Lipinski definition) is 1. The SMILES string of the molecule is Cc1cc(C)cc(CC(N)Cc2cccnc2)c1. The zero-order valence-corrected chi connectivity index (χ0v) is 11.1. The highest BCUT2D eigenvalue weighted by molar-refractivity contribution is 5.29. The summed E-state index contributed by atoms with van der Waals surface area (Å²) in [5.74, 6) is 0. The Balaban J connectivity index is 2.01. The first-order valence-electron chi connectivity index (χ1n) is 6.35. The van der Waals surface area contributed by atoms with Crippen LogP contribution in [0.3, 0.4) is 0 Å². The average molecular weight is 240 g/mol. The van der Waals surface area contributed by atoms with Crippen molar-refractivity contribution in [2.45, 2.75) is 32.7 Å². The largest absolute Gasteiger partial charge is 0.327 e. The Morgan fingerprint density at radius 3 is 2.33 bits per heavy atom. The molecule has 1 atom stereocenters. The van der Waals surface area contributed by atoms with Gasteiger partial charge in [0.15, 0.2) is 0 Å². The lowest BCUT2D eigenvalue weighted by atomic mass is 9.98. The van der Waals surface area contributed by atoms with Gasteiger partial charge in [0.25, 0.3) is 0 Å². The molecule has 0 saturated heterocycles. The number of aryl methyl sites for hydroxylation is 2. The lowest BCUT2D eigenvalue weighted by molar-refractivity contribution is 0.663. The number of benzene rings is 1. The van der Waals surface area contributed by atoms with Crippen LogP contribution in [0, 0.1) is 13.8 Å². The van der Waals surface area contributed by atoms with Crippen LogP contribution in [-0.4, -0.2) is 11.0 Å². The smallest absolute Gasteiger partial charge is 0.0300 e. The van der Waals surface area contributed by atoms with E-state index < -0.39 is 0 Å². The van der Waals surface area contributed by atoms with Crippen molar-refractivity contribution in [3.05, 3.63) is 65.0 Å². The predicted molar refractivity (Wildman–Crippen MR) is 75.5 cm³/mol. The van der Waals surface area contributed by atoms with Gasteiger partial charge in [-0.3, -0.25) is 4.98 Å². The molecule has 1 unspecified atom stereocenters. The first-order valence-corrected chi connectivity index (χ1v) is 6.35. The zero-order chi connectivity index (χ0) is 13.0. The third-order valence-corrected chi connectivity index (χ3v) is 3.00. The van der Waals surface area contributed by atoms with Crippen LogP contribution >= 0.6 is 0 Å². The van der Waals surface area contributed by atoms with E-state index in [0.717, 1.165) is 12.8 Å². The molecular formula is C16H20N2. The molecular weight excluding hydrogens is 220 g/mol. The van der Waals surface area contributed by atoms with Gasteiger partial charge >= 0.3 is 0 Å². The summed E-state index contributed by atoms with van der Waals surface area (Å²) in [6.45, 7) is 4.26. The van der Waals surface area contributed by atoms with Crippen LogP contribution in [0.2, 0.25) is 0 Å². The molecule has 2 N–H and O–H groups in total. The topological polar surface area (TPSA) is 38.9 Å². The van der Waals surface area contributed by atoms with Gasteiger partial charge in [-0.1, -0.05) is 35.4 Å². The zero-order valence-electron chi connectivity index (χ0n) is 11.1.